The maximum Gasteiger partial charge on any atom is 0.229 e. The van der Waals surface area contributed by atoms with E-state index in [-0.39, 0.29) is 5.88 Å². The second-order valence-corrected chi connectivity index (χ2v) is 5.28. The van der Waals surface area contributed by atoms with Crippen molar-refractivity contribution in [3.8, 4) is 5.75 Å². The average Bonchev–Trinajstić information content (AvgIpc) is 2.18. The fourth-order valence-corrected chi connectivity index (χ4v) is 2.02. The molecule has 0 aliphatic rings. The van der Waals surface area contributed by atoms with Crippen LogP contribution in [0.1, 0.15) is 12.5 Å². The van der Waals surface area contributed by atoms with E-state index < -0.39 is 10.0 Å². The number of ether oxygens (including phenoxy) is 1. The molecule has 0 unspecified atom stereocenters. The Morgan fingerprint density at radius 3 is 2.62 bits per heavy atom. The molecule has 0 spiro atoms. The molecule has 90 valence electrons. The van der Waals surface area contributed by atoms with Crippen LogP contribution in [0.3, 0.4) is 0 Å². The highest BCUT2D eigenvalue weighted by atomic mass is 35.5. The summed E-state index contributed by atoms with van der Waals surface area (Å²) in [6, 6.07) is 5.01. The van der Waals surface area contributed by atoms with Crippen LogP contribution < -0.4 is 9.46 Å². The molecule has 0 amide bonds. The molecule has 4 nitrogen and oxygen atoms in total. The molecule has 0 saturated carbocycles. The third kappa shape index (κ3) is 3.90. The van der Waals surface area contributed by atoms with E-state index in [1.807, 2.05) is 6.92 Å². The molecule has 0 radical (unpaired) electrons. The zero-order valence-electron chi connectivity index (χ0n) is 9.16. The summed E-state index contributed by atoms with van der Waals surface area (Å²) in [5, 5.41) is 0. The van der Waals surface area contributed by atoms with Gasteiger partial charge in [-0.15, -0.1) is 11.6 Å². The minimum atomic E-state index is -3.26. The lowest BCUT2D eigenvalue weighted by Crippen LogP contribution is -2.09. The topological polar surface area (TPSA) is 55.4 Å². The van der Waals surface area contributed by atoms with Gasteiger partial charge in [0.05, 0.1) is 18.7 Å². The molecule has 1 rings (SSSR count). The first-order valence-electron chi connectivity index (χ1n) is 4.75. The van der Waals surface area contributed by atoms with Crippen LogP contribution in [-0.2, 0) is 15.9 Å². The number of nitrogens with one attached hydrogen (secondary N) is 1. The first-order chi connectivity index (χ1) is 7.46. The van der Waals surface area contributed by atoms with Crippen molar-refractivity contribution >= 4 is 27.3 Å². The van der Waals surface area contributed by atoms with Crippen LogP contribution in [0.25, 0.3) is 0 Å². The summed E-state index contributed by atoms with van der Waals surface area (Å²) >= 11 is 5.75. The molecule has 16 heavy (non-hydrogen) atoms. The second-order valence-electron chi connectivity index (χ2n) is 3.26. The molecular weight excluding hydrogens is 250 g/mol. The Morgan fingerprint density at radius 2 is 2.12 bits per heavy atom. The lowest BCUT2D eigenvalue weighted by atomic mass is 10.2. The first-order valence-corrected chi connectivity index (χ1v) is 7.18. The SMILES string of the molecule is CCOc1ccc(NS(C)(=O)=O)cc1CCl. The van der Waals surface area contributed by atoms with Crippen LogP contribution in [-0.4, -0.2) is 21.3 Å². The predicted molar refractivity (Wildman–Crippen MR) is 65.6 cm³/mol. The smallest absolute Gasteiger partial charge is 0.229 e. The summed E-state index contributed by atoms with van der Waals surface area (Å²) in [5.41, 5.74) is 1.25. The third-order valence-electron chi connectivity index (χ3n) is 1.81. The van der Waals surface area contributed by atoms with Crippen molar-refractivity contribution < 1.29 is 13.2 Å². The predicted octanol–water partition coefficient (Wildman–Crippen LogP) is 2.20. The molecule has 0 aliphatic carbocycles. The van der Waals surface area contributed by atoms with E-state index in [1.54, 1.807) is 18.2 Å². The van der Waals surface area contributed by atoms with Gasteiger partial charge in [-0.25, -0.2) is 8.42 Å². The van der Waals surface area contributed by atoms with E-state index in [4.69, 9.17) is 16.3 Å². The molecule has 0 saturated heterocycles. The van der Waals surface area contributed by atoms with Crippen molar-refractivity contribution in [3.05, 3.63) is 23.8 Å². The molecule has 1 N–H and O–H groups in total. The van der Waals surface area contributed by atoms with Crippen molar-refractivity contribution in [2.45, 2.75) is 12.8 Å². The Balaban J connectivity index is 2.99. The maximum atomic E-state index is 11.0. The van der Waals surface area contributed by atoms with E-state index in [1.165, 1.54) is 0 Å². The summed E-state index contributed by atoms with van der Waals surface area (Å²) in [4.78, 5) is 0. The molecule has 0 bridgehead atoms. The van der Waals surface area contributed by atoms with Gasteiger partial charge in [-0.2, -0.15) is 0 Å². The molecule has 0 fully saturated rings. The van der Waals surface area contributed by atoms with Gasteiger partial charge in [-0.1, -0.05) is 0 Å². The Morgan fingerprint density at radius 1 is 1.44 bits per heavy atom. The largest absolute Gasteiger partial charge is 0.494 e. The van der Waals surface area contributed by atoms with E-state index in [0.717, 1.165) is 11.8 Å². The monoisotopic (exact) mass is 263 g/mol. The van der Waals surface area contributed by atoms with Crippen molar-refractivity contribution in [1.82, 2.24) is 0 Å². The molecule has 0 aromatic heterocycles. The minimum absolute atomic E-state index is 0.272. The number of alkyl halides is 1. The summed E-state index contributed by atoms with van der Waals surface area (Å²) < 4.78 is 29.8. The molecule has 0 atom stereocenters. The van der Waals surface area contributed by atoms with Gasteiger partial charge in [-0.3, -0.25) is 4.72 Å². The maximum absolute atomic E-state index is 11.0. The van der Waals surface area contributed by atoms with Gasteiger partial charge in [0, 0.05) is 11.3 Å². The average molecular weight is 264 g/mol. The number of hydrogen-bond acceptors (Lipinski definition) is 3. The Bertz CT molecular complexity index is 459. The number of hydrogen-bond donors (Lipinski definition) is 1. The minimum Gasteiger partial charge on any atom is -0.494 e. The van der Waals surface area contributed by atoms with Gasteiger partial charge in [0.25, 0.3) is 0 Å². The molecule has 1 aromatic rings. The van der Waals surface area contributed by atoms with Crippen molar-refractivity contribution in [2.75, 3.05) is 17.6 Å². The van der Waals surface area contributed by atoms with Gasteiger partial charge in [-0.05, 0) is 25.1 Å². The molecule has 0 heterocycles. The zero-order chi connectivity index (χ0) is 12.2. The number of halogens is 1. The third-order valence-corrected chi connectivity index (χ3v) is 2.70. The normalized spacial score (nSPS) is 11.2. The van der Waals surface area contributed by atoms with Crippen molar-refractivity contribution in [1.29, 1.82) is 0 Å². The van der Waals surface area contributed by atoms with Crippen molar-refractivity contribution in [3.63, 3.8) is 0 Å². The van der Waals surface area contributed by atoms with Crippen LogP contribution in [0.4, 0.5) is 5.69 Å². The lowest BCUT2D eigenvalue weighted by Gasteiger charge is -2.10. The van der Waals surface area contributed by atoms with Crippen LogP contribution >= 0.6 is 11.6 Å². The summed E-state index contributed by atoms with van der Waals surface area (Å²) in [6.07, 6.45) is 1.10. The van der Waals surface area contributed by atoms with Crippen LogP contribution in [0.5, 0.6) is 5.75 Å². The quantitative estimate of drug-likeness (QED) is 0.829. The van der Waals surface area contributed by atoms with Crippen LogP contribution in [0, 0.1) is 0 Å². The number of anilines is 1. The fourth-order valence-electron chi connectivity index (χ4n) is 1.26. The zero-order valence-corrected chi connectivity index (χ0v) is 10.7. The highest BCUT2D eigenvalue weighted by Crippen LogP contribution is 2.24. The molecular formula is C10H14ClNO3S. The van der Waals surface area contributed by atoms with Gasteiger partial charge in [0.1, 0.15) is 5.75 Å². The highest BCUT2D eigenvalue weighted by molar-refractivity contribution is 7.92. The summed E-state index contributed by atoms with van der Waals surface area (Å²) in [5.74, 6) is 0.950. The van der Waals surface area contributed by atoms with Crippen molar-refractivity contribution in [2.24, 2.45) is 0 Å². The van der Waals surface area contributed by atoms with Gasteiger partial charge in [0.2, 0.25) is 10.0 Å². The fraction of sp³-hybridized carbons (Fsp3) is 0.400. The Labute approximate surface area is 101 Å². The van der Waals surface area contributed by atoms with E-state index in [2.05, 4.69) is 4.72 Å². The first kappa shape index (κ1) is 13.1. The van der Waals surface area contributed by atoms with Crippen LogP contribution in [0.15, 0.2) is 18.2 Å². The van der Waals surface area contributed by atoms with Gasteiger partial charge < -0.3 is 4.74 Å². The van der Waals surface area contributed by atoms with E-state index >= 15 is 0 Å². The Kier molecular flexibility index (Phi) is 4.44. The van der Waals surface area contributed by atoms with Crippen LogP contribution in [0.2, 0.25) is 0 Å². The van der Waals surface area contributed by atoms with E-state index in [0.29, 0.717) is 18.0 Å². The number of rotatable bonds is 5. The number of sulfonamides is 1. The van der Waals surface area contributed by atoms with E-state index in [9.17, 15) is 8.42 Å². The van der Waals surface area contributed by atoms with Gasteiger partial charge >= 0.3 is 0 Å². The number of benzene rings is 1. The second kappa shape index (κ2) is 5.41. The molecule has 6 heteroatoms. The standard InChI is InChI=1S/C10H14ClNO3S/c1-3-15-10-5-4-9(6-8(10)7-11)12-16(2,13)14/h4-6,12H,3,7H2,1-2H3. The lowest BCUT2D eigenvalue weighted by molar-refractivity contribution is 0.337. The highest BCUT2D eigenvalue weighted by Gasteiger charge is 2.06. The Hall–Kier alpha value is -0.940. The molecule has 1 aromatic carbocycles. The summed E-state index contributed by atoms with van der Waals surface area (Å²) in [7, 11) is -3.26. The summed E-state index contributed by atoms with van der Waals surface area (Å²) in [6.45, 7) is 2.42. The van der Waals surface area contributed by atoms with Gasteiger partial charge in [0.15, 0.2) is 0 Å². The molecule has 0 aliphatic heterocycles.